The number of pyridine rings is 1. The Bertz CT molecular complexity index is 1200. The summed E-state index contributed by atoms with van der Waals surface area (Å²) in [6.07, 6.45) is 0.820. The third-order valence-electron chi connectivity index (χ3n) is 5.48. The van der Waals surface area contributed by atoms with Gasteiger partial charge in [-0.15, -0.1) is 0 Å². The lowest BCUT2D eigenvalue weighted by Crippen LogP contribution is -2.31. The van der Waals surface area contributed by atoms with Crippen LogP contribution in [-0.4, -0.2) is 22.4 Å². The van der Waals surface area contributed by atoms with Gasteiger partial charge in [0.1, 0.15) is 5.82 Å². The summed E-state index contributed by atoms with van der Waals surface area (Å²) < 4.78 is 0. The van der Waals surface area contributed by atoms with Gasteiger partial charge in [0.05, 0.1) is 11.1 Å². The molecule has 0 radical (unpaired) electrons. The smallest absolute Gasteiger partial charge is 0.253 e. The van der Waals surface area contributed by atoms with E-state index in [1.54, 1.807) is 0 Å². The second-order valence-electron chi connectivity index (χ2n) is 7.43. The van der Waals surface area contributed by atoms with E-state index in [0.717, 1.165) is 45.7 Å². The highest BCUT2D eigenvalue weighted by atomic mass is 16.1. The van der Waals surface area contributed by atoms with Gasteiger partial charge in [-0.2, -0.15) is 0 Å². The molecule has 4 aromatic rings. The average molecular weight is 382 g/mol. The topological polar surface area (TPSA) is 69.8 Å². The van der Waals surface area contributed by atoms with E-state index >= 15 is 0 Å². The summed E-state index contributed by atoms with van der Waals surface area (Å²) in [5, 5.41) is 7.47. The molecule has 2 aromatic heterocycles. The number of rotatable bonds is 4. The van der Waals surface area contributed by atoms with E-state index in [0.29, 0.717) is 6.54 Å². The van der Waals surface area contributed by atoms with Crippen LogP contribution >= 0.6 is 0 Å². The zero-order chi connectivity index (χ0) is 19.8. The van der Waals surface area contributed by atoms with Crippen molar-refractivity contribution >= 4 is 22.6 Å². The molecule has 0 bridgehead atoms. The van der Waals surface area contributed by atoms with E-state index in [-0.39, 0.29) is 11.9 Å². The molecule has 1 aliphatic rings. The predicted molar refractivity (Wildman–Crippen MR) is 116 cm³/mol. The van der Waals surface area contributed by atoms with Crippen LogP contribution in [0.4, 0.5) is 5.82 Å². The van der Waals surface area contributed by atoms with Crippen molar-refractivity contribution in [2.45, 2.75) is 19.4 Å². The van der Waals surface area contributed by atoms with Gasteiger partial charge in [0, 0.05) is 41.3 Å². The molecule has 3 N–H and O–H groups in total. The number of carbonyl (C=O) groups is 1. The number of fused-ring (bicyclic) bond motifs is 2. The van der Waals surface area contributed by atoms with Gasteiger partial charge in [-0.25, -0.2) is 4.98 Å². The van der Waals surface area contributed by atoms with Crippen molar-refractivity contribution < 1.29 is 4.79 Å². The van der Waals surface area contributed by atoms with Gasteiger partial charge < -0.3 is 15.6 Å². The van der Waals surface area contributed by atoms with E-state index in [1.807, 2.05) is 36.4 Å². The lowest BCUT2D eigenvalue weighted by molar-refractivity contribution is 0.0946. The summed E-state index contributed by atoms with van der Waals surface area (Å²) in [6.45, 7) is 2.80. The SMILES string of the molecule is CC(Nc1ccc2cccc(-c3cc4c([nH]3)CCNC4=O)c2n1)c1ccccc1. The Morgan fingerprint density at radius 3 is 2.69 bits per heavy atom. The summed E-state index contributed by atoms with van der Waals surface area (Å²) in [6, 6.07) is 22.7. The van der Waals surface area contributed by atoms with Gasteiger partial charge in [-0.05, 0) is 30.7 Å². The monoisotopic (exact) mass is 382 g/mol. The van der Waals surface area contributed by atoms with Gasteiger partial charge in [0.15, 0.2) is 0 Å². The lowest BCUT2D eigenvalue weighted by atomic mass is 10.1. The van der Waals surface area contributed by atoms with Gasteiger partial charge in [0.25, 0.3) is 5.91 Å². The summed E-state index contributed by atoms with van der Waals surface area (Å²) in [4.78, 5) is 20.5. The minimum atomic E-state index is -0.0130. The normalized spacial score (nSPS) is 14.3. The largest absolute Gasteiger partial charge is 0.364 e. The fraction of sp³-hybridized carbons (Fsp3) is 0.167. The van der Waals surface area contributed by atoms with Crippen LogP contribution in [0, 0.1) is 0 Å². The molecule has 0 aliphatic carbocycles. The highest BCUT2D eigenvalue weighted by Crippen LogP contribution is 2.31. The van der Waals surface area contributed by atoms with E-state index in [9.17, 15) is 4.79 Å². The molecule has 144 valence electrons. The maximum Gasteiger partial charge on any atom is 0.253 e. The van der Waals surface area contributed by atoms with Crippen LogP contribution < -0.4 is 10.6 Å². The van der Waals surface area contributed by atoms with Crippen LogP contribution in [0.1, 0.15) is 34.6 Å². The molecule has 3 heterocycles. The fourth-order valence-electron chi connectivity index (χ4n) is 3.93. The number of nitrogens with one attached hydrogen (secondary N) is 3. The summed E-state index contributed by atoms with van der Waals surface area (Å²) >= 11 is 0. The number of carbonyl (C=O) groups excluding carboxylic acids is 1. The Morgan fingerprint density at radius 1 is 1.00 bits per heavy atom. The number of anilines is 1. The van der Waals surface area contributed by atoms with Gasteiger partial charge >= 0.3 is 0 Å². The van der Waals surface area contributed by atoms with Crippen LogP contribution in [0.2, 0.25) is 0 Å². The fourth-order valence-corrected chi connectivity index (χ4v) is 3.93. The Balaban J connectivity index is 1.53. The first kappa shape index (κ1) is 17.5. The van der Waals surface area contributed by atoms with Crippen molar-refractivity contribution in [3.05, 3.63) is 83.6 Å². The van der Waals surface area contributed by atoms with Crippen LogP contribution in [0.5, 0.6) is 0 Å². The molecule has 0 saturated carbocycles. The predicted octanol–water partition coefficient (Wildman–Crippen LogP) is 4.69. The number of hydrogen-bond donors (Lipinski definition) is 3. The number of para-hydroxylation sites is 1. The standard InChI is InChI=1S/C24H22N4O/c1-15(16-6-3-2-4-7-16)26-22-11-10-17-8-5-9-18(23(17)28-22)21-14-19-20(27-21)12-13-25-24(19)29/h2-11,14-15,27H,12-13H2,1H3,(H,25,29)(H,26,28). The van der Waals surface area contributed by atoms with Crippen molar-refractivity contribution in [2.24, 2.45) is 0 Å². The Morgan fingerprint density at radius 2 is 1.86 bits per heavy atom. The molecule has 0 fully saturated rings. The molecule has 1 atom stereocenters. The summed E-state index contributed by atoms with van der Waals surface area (Å²) in [7, 11) is 0. The van der Waals surface area contributed by atoms with Crippen LogP contribution in [0.15, 0.2) is 66.7 Å². The van der Waals surface area contributed by atoms with Crippen LogP contribution in [0.25, 0.3) is 22.2 Å². The van der Waals surface area contributed by atoms with E-state index < -0.39 is 0 Å². The third-order valence-corrected chi connectivity index (χ3v) is 5.48. The molecule has 2 aromatic carbocycles. The quantitative estimate of drug-likeness (QED) is 0.480. The number of nitrogens with zero attached hydrogens (tertiary/aromatic N) is 1. The lowest BCUT2D eigenvalue weighted by Gasteiger charge is -2.16. The first-order valence-electron chi connectivity index (χ1n) is 9.91. The third kappa shape index (κ3) is 3.25. The summed E-state index contributed by atoms with van der Waals surface area (Å²) in [5.41, 5.74) is 5.78. The van der Waals surface area contributed by atoms with Gasteiger partial charge in [-0.3, -0.25) is 4.79 Å². The second kappa shape index (κ2) is 7.09. The van der Waals surface area contributed by atoms with Crippen molar-refractivity contribution in [3.8, 4) is 11.3 Å². The van der Waals surface area contributed by atoms with E-state index in [4.69, 9.17) is 4.98 Å². The van der Waals surface area contributed by atoms with Crippen molar-refractivity contribution in [2.75, 3.05) is 11.9 Å². The average Bonchev–Trinajstić information content (AvgIpc) is 3.19. The molecule has 1 aliphatic heterocycles. The molecule has 0 spiro atoms. The Kier molecular flexibility index (Phi) is 4.28. The minimum Gasteiger partial charge on any atom is -0.364 e. The first-order chi connectivity index (χ1) is 14.2. The van der Waals surface area contributed by atoms with Gasteiger partial charge in [-0.1, -0.05) is 48.5 Å². The van der Waals surface area contributed by atoms with Crippen LogP contribution in [0.3, 0.4) is 0 Å². The van der Waals surface area contributed by atoms with Crippen molar-refractivity contribution in [1.29, 1.82) is 0 Å². The molecular weight excluding hydrogens is 360 g/mol. The number of aromatic nitrogens is 2. The summed E-state index contributed by atoms with van der Waals surface area (Å²) in [5.74, 6) is 0.816. The molecule has 5 heteroatoms. The molecule has 1 amide bonds. The number of hydrogen-bond acceptors (Lipinski definition) is 3. The highest BCUT2D eigenvalue weighted by molar-refractivity contribution is 6.00. The molecule has 29 heavy (non-hydrogen) atoms. The van der Waals surface area contributed by atoms with Crippen molar-refractivity contribution in [3.63, 3.8) is 0 Å². The zero-order valence-electron chi connectivity index (χ0n) is 16.2. The Labute approximate surface area is 169 Å². The van der Waals surface area contributed by atoms with Gasteiger partial charge in [0.2, 0.25) is 0 Å². The molecule has 1 unspecified atom stereocenters. The molecule has 5 nitrogen and oxygen atoms in total. The number of aromatic amines is 1. The first-order valence-corrected chi connectivity index (χ1v) is 9.91. The highest BCUT2D eigenvalue weighted by Gasteiger charge is 2.21. The molecule has 5 rings (SSSR count). The van der Waals surface area contributed by atoms with E-state index in [1.165, 1.54) is 5.56 Å². The maximum atomic E-state index is 12.1. The molecule has 0 saturated heterocycles. The van der Waals surface area contributed by atoms with Crippen molar-refractivity contribution in [1.82, 2.24) is 15.3 Å². The maximum absolute atomic E-state index is 12.1. The molecular formula is C24H22N4O. The number of H-pyrrole nitrogens is 1. The van der Waals surface area contributed by atoms with Crippen LogP contribution in [-0.2, 0) is 6.42 Å². The van der Waals surface area contributed by atoms with E-state index in [2.05, 4.69) is 52.9 Å². The Hall–Kier alpha value is -3.60. The number of benzene rings is 2. The second-order valence-corrected chi connectivity index (χ2v) is 7.43. The minimum absolute atomic E-state index is 0.0130. The zero-order valence-corrected chi connectivity index (χ0v) is 16.2. The number of amides is 1.